The lowest BCUT2D eigenvalue weighted by Crippen LogP contribution is -2.36. The summed E-state index contributed by atoms with van der Waals surface area (Å²) in [5, 5.41) is 5.87. The van der Waals surface area contributed by atoms with Crippen LogP contribution in [-0.2, 0) is 0 Å². The molecule has 0 spiro atoms. The van der Waals surface area contributed by atoms with Crippen LogP contribution in [0, 0.1) is 0 Å². The Labute approximate surface area is 66.1 Å². The Morgan fingerprint density at radius 1 is 1.18 bits per heavy atom. The number of fused-ring (bicyclic) bond motifs is 1. The molecule has 2 rings (SSSR count). The van der Waals surface area contributed by atoms with Crippen LogP contribution in [0.25, 0.3) is 12.3 Å². The smallest absolute Gasteiger partial charge is 0.0419 e. The number of rotatable bonds is 0. The van der Waals surface area contributed by atoms with E-state index in [9.17, 15) is 0 Å². The van der Waals surface area contributed by atoms with E-state index in [1.54, 1.807) is 0 Å². The molecular formula is C10H11N. The Morgan fingerprint density at radius 3 is 2.73 bits per heavy atom. The summed E-state index contributed by atoms with van der Waals surface area (Å²) in [7, 11) is 0. The van der Waals surface area contributed by atoms with E-state index < -0.39 is 0 Å². The van der Waals surface area contributed by atoms with Crippen LogP contribution in [0.4, 0.5) is 0 Å². The van der Waals surface area contributed by atoms with Gasteiger partial charge in [0.25, 0.3) is 0 Å². The van der Waals surface area contributed by atoms with Crippen LogP contribution in [0.2, 0.25) is 0 Å². The zero-order chi connectivity index (χ0) is 7.68. The fourth-order valence-electron chi connectivity index (χ4n) is 1.33. The second-order valence-corrected chi connectivity index (χ2v) is 2.90. The third-order valence-corrected chi connectivity index (χ3v) is 1.93. The van der Waals surface area contributed by atoms with Gasteiger partial charge in [-0.25, -0.2) is 0 Å². The molecule has 56 valence electrons. The largest absolute Gasteiger partial charge is 0.384 e. The molecule has 0 fully saturated rings. The lowest BCUT2D eigenvalue weighted by Gasteiger charge is -2.10. The number of hydrogen-bond donors (Lipinski definition) is 1. The molecule has 0 aliphatic carbocycles. The normalized spacial score (nSPS) is 20.6. The predicted octanol–water partition coefficient (Wildman–Crippen LogP) is 0.197. The summed E-state index contributed by atoms with van der Waals surface area (Å²) in [5.74, 6) is 0. The van der Waals surface area contributed by atoms with Crippen molar-refractivity contribution >= 4 is 12.3 Å². The van der Waals surface area contributed by atoms with Crippen LogP contribution >= 0.6 is 0 Å². The second-order valence-electron chi connectivity index (χ2n) is 2.90. The molecule has 0 radical (unpaired) electrons. The van der Waals surface area contributed by atoms with Crippen molar-refractivity contribution in [2.75, 3.05) is 0 Å². The molecule has 0 aromatic heterocycles. The average Bonchev–Trinajstić information content (AvgIpc) is 2.04. The first-order valence-electron chi connectivity index (χ1n) is 3.89. The van der Waals surface area contributed by atoms with Gasteiger partial charge in [0.2, 0.25) is 0 Å². The minimum Gasteiger partial charge on any atom is -0.384 e. The molecule has 0 saturated heterocycles. The van der Waals surface area contributed by atoms with Crippen LogP contribution in [0.15, 0.2) is 24.3 Å². The van der Waals surface area contributed by atoms with E-state index in [1.165, 1.54) is 10.4 Å². The van der Waals surface area contributed by atoms with Crippen LogP contribution in [0.1, 0.15) is 6.92 Å². The van der Waals surface area contributed by atoms with Crippen LogP contribution in [-0.4, -0.2) is 6.04 Å². The first-order chi connectivity index (χ1) is 5.36. The summed E-state index contributed by atoms with van der Waals surface area (Å²) in [6.45, 7) is 2.15. The first-order valence-corrected chi connectivity index (χ1v) is 3.89. The van der Waals surface area contributed by atoms with Gasteiger partial charge < -0.3 is 5.32 Å². The Morgan fingerprint density at radius 2 is 1.91 bits per heavy atom. The van der Waals surface area contributed by atoms with Crippen LogP contribution in [0.5, 0.6) is 0 Å². The molecule has 1 N–H and O–H groups in total. The Hall–Kier alpha value is -1.24. The molecule has 1 unspecified atom stereocenters. The fraction of sp³-hybridized carbons (Fsp3) is 0.200. The maximum atomic E-state index is 3.26. The lowest BCUT2D eigenvalue weighted by atomic mass is 10.1. The SMILES string of the molecule is CC1C=c2ccccc2=CN1. The maximum Gasteiger partial charge on any atom is 0.0419 e. The van der Waals surface area contributed by atoms with Gasteiger partial charge in [0.15, 0.2) is 0 Å². The van der Waals surface area contributed by atoms with E-state index in [2.05, 4.69) is 48.8 Å². The van der Waals surface area contributed by atoms with E-state index in [1.807, 2.05) is 0 Å². The van der Waals surface area contributed by atoms with Gasteiger partial charge in [-0.3, -0.25) is 0 Å². The predicted molar refractivity (Wildman–Crippen MR) is 47.2 cm³/mol. The van der Waals surface area contributed by atoms with Gasteiger partial charge in [-0.2, -0.15) is 0 Å². The topological polar surface area (TPSA) is 12.0 Å². The molecule has 11 heavy (non-hydrogen) atoms. The zero-order valence-corrected chi connectivity index (χ0v) is 6.54. The monoisotopic (exact) mass is 145 g/mol. The number of nitrogens with one attached hydrogen (secondary N) is 1. The van der Waals surface area contributed by atoms with Gasteiger partial charge in [-0.1, -0.05) is 30.3 Å². The van der Waals surface area contributed by atoms with Crippen molar-refractivity contribution < 1.29 is 0 Å². The summed E-state index contributed by atoms with van der Waals surface area (Å²) in [4.78, 5) is 0. The van der Waals surface area contributed by atoms with Crippen molar-refractivity contribution in [3.05, 3.63) is 34.7 Å². The summed E-state index contributed by atoms with van der Waals surface area (Å²) in [6, 6.07) is 8.85. The standard InChI is InChI=1S/C10H11N/c1-8-6-9-4-2-3-5-10(9)7-11-8/h2-8,11H,1H3. The van der Waals surface area contributed by atoms with E-state index in [0.717, 1.165) is 0 Å². The van der Waals surface area contributed by atoms with Gasteiger partial charge in [-0.05, 0) is 17.4 Å². The third kappa shape index (κ3) is 1.14. The third-order valence-electron chi connectivity index (χ3n) is 1.93. The van der Waals surface area contributed by atoms with Gasteiger partial charge in [0.1, 0.15) is 0 Å². The van der Waals surface area contributed by atoms with Crippen molar-refractivity contribution in [3.8, 4) is 0 Å². The van der Waals surface area contributed by atoms with Gasteiger partial charge in [-0.15, -0.1) is 0 Å². The molecule has 1 nitrogen and oxygen atoms in total. The van der Waals surface area contributed by atoms with Crippen molar-refractivity contribution in [1.82, 2.24) is 5.32 Å². The summed E-state index contributed by atoms with van der Waals surface area (Å²) in [6.07, 6.45) is 4.30. The Balaban J connectivity index is 2.73. The Kier molecular flexibility index (Phi) is 1.42. The molecule has 1 heteroatoms. The average molecular weight is 145 g/mol. The fourth-order valence-corrected chi connectivity index (χ4v) is 1.33. The highest BCUT2D eigenvalue weighted by molar-refractivity contribution is 5.40. The molecule has 1 aliphatic heterocycles. The summed E-state index contributed by atoms with van der Waals surface area (Å²) < 4.78 is 0. The number of hydrogen-bond acceptors (Lipinski definition) is 1. The highest BCUT2D eigenvalue weighted by Gasteiger charge is 1.96. The lowest BCUT2D eigenvalue weighted by molar-refractivity contribution is 0.827. The molecular weight excluding hydrogens is 134 g/mol. The maximum absolute atomic E-state index is 3.26. The highest BCUT2D eigenvalue weighted by Crippen LogP contribution is 1.85. The molecule has 1 aromatic carbocycles. The minimum absolute atomic E-state index is 0.463. The van der Waals surface area contributed by atoms with E-state index in [4.69, 9.17) is 0 Å². The van der Waals surface area contributed by atoms with E-state index >= 15 is 0 Å². The molecule has 1 heterocycles. The summed E-state index contributed by atoms with van der Waals surface area (Å²) in [5.41, 5.74) is 0. The highest BCUT2D eigenvalue weighted by atomic mass is 14.9. The minimum atomic E-state index is 0.463. The van der Waals surface area contributed by atoms with E-state index in [0.29, 0.717) is 6.04 Å². The molecule has 0 bridgehead atoms. The zero-order valence-electron chi connectivity index (χ0n) is 6.54. The first kappa shape index (κ1) is 6.47. The molecule has 1 atom stereocenters. The quantitative estimate of drug-likeness (QED) is 0.550. The van der Waals surface area contributed by atoms with Gasteiger partial charge in [0, 0.05) is 12.2 Å². The molecule has 0 amide bonds. The molecule has 0 saturated carbocycles. The van der Waals surface area contributed by atoms with Gasteiger partial charge in [0.05, 0.1) is 0 Å². The second kappa shape index (κ2) is 2.42. The Bertz CT molecular complexity index is 365. The van der Waals surface area contributed by atoms with Crippen LogP contribution < -0.4 is 15.8 Å². The van der Waals surface area contributed by atoms with Crippen molar-refractivity contribution in [2.24, 2.45) is 0 Å². The number of benzene rings is 1. The van der Waals surface area contributed by atoms with Crippen molar-refractivity contribution in [3.63, 3.8) is 0 Å². The molecule has 1 aromatic rings. The molecule has 1 aliphatic rings. The van der Waals surface area contributed by atoms with E-state index in [-0.39, 0.29) is 0 Å². The van der Waals surface area contributed by atoms with Crippen molar-refractivity contribution in [1.29, 1.82) is 0 Å². The van der Waals surface area contributed by atoms with Crippen molar-refractivity contribution in [2.45, 2.75) is 13.0 Å². The van der Waals surface area contributed by atoms with Gasteiger partial charge >= 0.3 is 0 Å². The summed E-state index contributed by atoms with van der Waals surface area (Å²) >= 11 is 0. The van der Waals surface area contributed by atoms with Crippen LogP contribution in [0.3, 0.4) is 0 Å².